The molecule has 0 bridgehead atoms. The molecule has 1 amide bonds. The normalized spacial score (nSPS) is 22.5. The highest BCUT2D eigenvalue weighted by molar-refractivity contribution is 7.92. The van der Waals surface area contributed by atoms with Crippen molar-refractivity contribution in [3.63, 3.8) is 0 Å². The molecule has 1 heterocycles. The van der Waals surface area contributed by atoms with Gasteiger partial charge in [-0.2, -0.15) is 0 Å². The number of carbonyl (C=O) groups excluding carboxylic acids is 1. The Morgan fingerprint density at radius 3 is 2.64 bits per heavy atom. The Balaban J connectivity index is 1.93. The zero-order chi connectivity index (χ0) is 24.2. The molecule has 2 aromatic carbocycles. The van der Waals surface area contributed by atoms with E-state index in [1.165, 1.54) is 24.3 Å². The molecule has 33 heavy (non-hydrogen) atoms. The van der Waals surface area contributed by atoms with Crippen LogP contribution in [0.4, 0.5) is 5.69 Å². The van der Waals surface area contributed by atoms with Crippen LogP contribution in [0.2, 0.25) is 5.02 Å². The second-order valence-electron chi connectivity index (χ2n) is 8.30. The molecule has 0 saturated carbocycles. The number of fused-ring (bicyclic) bond motifs is 1. The van der Waals surface area contributed by atoms with Crippen molar-refractivity contribution < 1.29 is 22.7 Å². The number of hydrogen-bond donors (Lipinski definition) is 2. The van der Waals surface area contributed by atoms with Gasteiger partial charge in [0.05, 0.1) is 22.4 Å². The van der Waals surface area contributed by atoms with Crippen LogP contribution < -0.4 is 14.8 Å². The fraction of sp³-hybridized carbons (Fsp3) is 0.435. The van der Waals surface area contributed by atoms with Gasteiger partial charge >= 0.3 is 0 Å². The minimum Gasteiger partial charge on any atom is -0.491 e. The lowest BCUT2D eigenvalue weighted by Gasteiger charge is -2.30. The van der Waals surface area contributed by atoms with Gasteiger partial charge in [-0.15, -0.1) is 0 Å². The summed E-state index contributed by atoms with van der Waals surface area (Å²) in [6.07, 6.45) is -0.135. The van der Waals surface area contributed by atoms with Gasteiger partial charge in [0, 0.05) is 39.4 Å². The number of nitrogens with one attached hydrogen (secondary N) is 2. The summed E-state index contributed by atoms with van der Waals surface area (Å²) >= 11 is 6.07. The summed E-state index contributed by atoms with van der Waals surface area (Å²) in [5.74, 6) is 0.247. The first kappa shape index (κ1) is 25.3. The smallest absolute Gasteiger partial charge is 0.263 e. The fourth-order valence-electron chi connectivity index (χ4n) is 3.59. The second-order valence-corrected chi connectivity index (χ2v) is 10.4. The summed E-state index contributed by atoms with van der Waals surface area (Å²) < 4.78 is 39.8. The van der Waals surface area contributed by atoms with Gasteiger partial charge in [-0.05, 0) is 37.1 Å². The standard InChI is InChI=1S/C23H30ClN3O5S/c1-15-12-25-16(2)14-32-20-11-17(26-33(29,30)22-8-6-5-7-19(22)24)9-10-18(20)23(28)27(3)13-21(15)31-4/h5-11,15-16,21,25-26H,12-14H2,1-4H3/t15-,16-,21+/m0/s1. The molecule has 1 aliphatic heterocycles. The number of benzene rings is 2. The summed E-state index contributed by atoms with van der Waals surface area (Å²) in [5.41, 5.74) is 0.605. The maximum atomic E-state index is 13.2. The highest BCUT2D eigenvalue weighted by Gasteiger charge is 2.26. The topological polar surface area (TPSA) is 97.0 Å². The van der Waals surface area contributed by atoms with Gasteiger partial charge < -0.3 is 19.7 Å². The average Bonchev–Trinajstić information content (AvgIpc) is 2.78. The van der Waals surface area contributed by atoms with Gasteiger partial charge in [-0.25, -0.2) is 8.42 Å². The van der Waals surface area contributed by atoms with Crippen LogP contribution in [0.3, 0.4) is 0 Å². The number of likely N-dealkylation sites (N-methyl/N-ethyl adjacent to an activating group) is 1. The van der Waals surface area contributed by atoms with Gasteiger partial charge in [-0.1, -0.05) is 30.7 Å². The predicted octanol–water partition coefficient (Wildman–Crippen LogP) is 3.23. The maximum Gasteiger partial charge on any atom is 0.263 e. The molecule has 2 aromatic rings. The maximum absolute atomic E-state index is 13.2. The molecule has 0 aliphatic carbocycles. The lowest BCUT2D eigenvalue weighted by atomic mass is 10.0. The van der Waals surface area contributed by atoms with Crippen LogP contribution in [-0.2, 0) is 14.8 Å². The molecular formula is C23H30ClN3O5S. The minimum absolute atomic E-state index is 0.00791. The first-order valence-electron chi connectivity index (χ1n) is 10.7. The van der Waals surface area contributed by atoms with E-state index in [1.54, 1.807) is 37.3 Å². The summed E-state index contributed by atoms with van der Waals surface area (Å²) in [6, 6.07) is 10.8. The number of halogens is 1. The Morgan fingerprint density at radius 2 is 1.94 bits per heavy atom. The van der Waals surface area contributed by atoms with Gasteiger partial charge in [0.15, 0.2) is 0 Å². The Bertz CT molecular complexity index is 1100. The molecule has 3 rings (SSSR count). The highest BCUT2D eigenvalue weighted by Crippen LogP contribution is 2.29. The molecule has 0 radical (unpaired) electrons. The number of carbonyl (C=O) groups is 1. The summed E-state index contributed by atoms with van der Waals surface area (Å²) in [7, 11) is -0.573. The third-order valence-electron chi connectivity index (χ3n) is 5.61. The number of hydrogen-bond acceptors (Lipinski definition) is 6. The third-order valence-corrected chi connectivity index (χ3v) is 7.49. The van der Waals surface area contributed by atoms with Crippen molar-refractivity contribution in [3.8, 4) is 5.75 Å². The third kappa shape index (κ3) is 6.17. The molecule has 180 valence electrons. The van der Waals surface area contributed by atoms with Gasteiger partial charge in [0.2, 0.25) is 0 Å². The van der Waals surface area contributed by atoms with Crippen molar-refractivity contribution in [1.29, 1.82) is 0 Å². The predicted molar refractivity (Wildman–Crippen MR) is 129 cm³/mol. The van der Waals surface area contributed by atoms with Crippen LogP contribution in [0.5, 0.6) is 5.75 Å². The Hall–Kier alpha value is -2.33. The van der Waals surface area contributed by atoms with E-state index in [-0.39, 0.29) is 39.6 Å². The summed E-state index contributed by atoms with van der Waals surface area (Å²) in [6.45, 7) is 5.47. The van der Waals surface area contributed by atoms with E-state index in [9.17, 15) is 13.2 Å². The molecule has 0 saturated heterocycles. The Kier molecular flexibility index (Phi) is 8.23. The molecule has 0 aromatic heterocycles. The molecule has 0 unspecified atom stereocenters. The van der Waals surface area contributed by atoms with Crippen LogP contribution >= 0.6 is 11.6 Å². The molecule has 3 atom stereocenters. The number of nitrogens with zero attached hydrogens (tertiary/aromatic N) is 1. The summed E-state index contributed by atoms with van der Waals surface area (Å²) in [4.78, 5) is 14.7. The van der Waals surface area contributed by atoms with E-state index in [1.807, 2.05) is 6.92 Å². The van der Waals surface area contributed by atoms with E-state index >= 15 is 0 Å². The van der Waals surface area contributed by atoms with Crippen molar-refractivity contribution in [3.05, 3.63) is 53.1 Å². The van der Waals surface area contributed by atoms with Crippen LogP contribution in [0.1, 0.15) is 24.2 Å². The van der Waals surface area contributed by atoms with E-state index < -0.39 is 10.0 Å². The molecule has 8 nitrogen and oxygen atoms in total. The number of amides is 1. The second kappa shape index (κ2) is 10.7. The lowest BCUT2D eigenvalue weighted by Crippen LogP contribution is -2.44. The van der Waals surface area contributed by atoms with Crippen molar-refractivity contribution in [1.82, 2.24) is 10.2 Å². The number of methoxy groups -OCH3 is 1. The SMILES string of the molecule is CO[C@@H]1CN(C)C(=O)c2ccc(NS(=O)(=O)c3ccccc3Cl)cc2OC[C@H](C)NC[C@@H]1C. The summed E-state index contributed by atoms with van der Waals surface area (Å²) in [5, 5.41) is 3.53. The lowest BCUT2D eigenvalue weighted by molar-refractivity contribution is 0.0281. The van der Waals surface area contributed by atoms with E-state index in [2.05, 4.69) is 17.0 Å². The van der Waals surface area contributed by atoms with E-state index in [4.69, 9.17) is 21.1 Å². The van der Waals surface area contributed by atoms with Crippen molar-refractivity contribution in [2.75, 3.05) is 38.6 Å². The minimum atomic E-state index is -3.92. The van der Waals surface area contributed by atoms with E-state index in [0.717, 1.165) is 0 Å². The first-order valence-corrected chi connectivity index (χ1v) is 12.5. The quantitative estimate of drug-likeness (QED) is 0.676. The van der Waals surface area contributed by atoms with Crippen LogP contribution in [0.25, 0.3) is 0 Å². The monoisotopic (exact) mass is 495 g/mol. The van der Waals surface area contributed by atoms with Crippen molar-refractivity contribution in [2.45, 2.75) is 30.9 Å². The largest absolute Gasteiger partial charge is 0.491 e. The molecule has 10 heteroatoms. The molecular weight excluding hydrogens is 466 g/mol. The van der Waals surface area contributed by atoms with Crippen molar-refractivity contribution >= 4 is 33.2 Å². The number of sulfonamides is 1. The zero-order valence-corrected chi connectivity index (χ0v) is 20.7. The van der Waals surface area contributed by atoms with Crippen LogP contribution in [0.15, 0.2) is 47.4 Å². The molecule has 1 aliphatic rings. The number of ether oxygens (including phenoxy) is 2. The van der Waals surface area contributed by atoms with E-state index in [0.29, 0.717) is 31.0 Å². The van der Waals surface area contributed by atoms with Crippen LogP contribution in [-0.4, -0.2) is 65.2 Å². The van der Waals surface area contributed by atoms with Gasteiger partial charge in [0.1, 0.15) is 17.3 Å². The average molecular weight is 496 g/mol. The Morgan fingerprint density at radius 1 is 1.21 bits per heavy atom. The first-order chi connectivity index (χ1) is 15.6. The Labute approximate surface area is 200 Å². The molecule has 2 N–H and O–H groups in total. The number of anilines is 1. The van der Waals surface area contributed by atoms with Crippen LogP contribution in [0, 0.1) is 5.92 Å². The molecule has 0 fully saturated rings. The van der Waals surface area contributed by atoms with Gasteiger partial charge in [0.25, 0.3) is 15.9 Å². The highest BCUT2D eigenvalue weighted by atomic mass is 35.5. The zero-order valence-electron chi connectivity index (χ0n) is 19.2. The van der Waals surface area contributed by atoms with Crippen molar-refractivity contribution in [2.24, 2.45) is 5.92 Å². The number of rotatable bonds is 4. The van der Waals surface area contributed by atoms with Gasteiger partial charge in [-0.3, -0.25) is 9.52 Å². The molecule has 0 spiro atoms. The fourth-order valence-corrected chi connectivity index (χ4v) is 5.16.